The maximum absolute atomic E-state index is 8.87. The third-order valence-corrected chi connectivity index (χ3v) is 4.55. The van der Waals surface area contributed by atoms with E-state index >= 15 is 0 Å². The van der Waals surface area contributed by atoms with Gasteiger partial charge >= 0.3 is 0 Å². The van der Waals surface area contributed by atoms with E-state index in [2.05, 4.69) is 17.9 Å². The highest BCUT2D eigenvalue weighted by atomic mass is 15.1. The molecule has 2 aliphatic rings. The highest BCUT2D eigenvalue weighted by molar-refractivity contribution is 4.88. The molecule has 1 aliphatic carbocycles. The normalized spacial score (nSPS) is 33.5. The Hall–Kier alpha value is -0.550. The maximum atomic E-state index is 8.87. The van der Waals surface area contributed by atoms with Gasteiger partial charge in [-0.2, -0.15) is 5.26 Å². The van der Waals surface area contributed by atoms with Gasteiger partial charge in [0.15, 0.2) is 0 Å². The number of likely N-dealkylation sites (tertiary alicyclic amines) is 1. The number of piperidine rings is 1. The lowest BCUT2D eigenvalue weighted by Gasteiger charge is -2.36. The van der Waals surface area contributed by atoms with Crippen LogP contribution in [0.2, 0.25) is 0 Å². The minimum absolute atomic E-state index is 0.333. The van der Waals surface area contributed by atoms with Gasteiger partial charge in [-0.1, -0.05) is 26.2 Å². The third-order valence-electron chi connectivity index (χ3n) is 4.55. The molecule has 1 aliphatic heterocycles. The summed E-state index contributed by atoms with van der Waals surface area (Å²) in [5.74, 6) is 2.18. The summed E-state index contributed by atoms with van der Waals surface area (Å²) in [4.78, 5) is 2.60. The van der Waals surface area contributed by atoms with E-state index < -0.39 is 0 Å². The van der Waals surface area contributed by atoms with Crippen molar-refractivity contribution in [1.82, 2.24) is 4.90 Å². The van der Waals surface area contributed by atoms with Crippen LogP contribution in [0.3, 0.4) is 0 Å². The lowest BCUT2D eigenvalue weighted by atomic mass is 9.80. The molecule has 1 heterocycles. The van der Waals surface area contributed by atoms with Gasteiger partial charge in [-0.25, -0.2) is 0 Å². The van der Waals surface area contributed by atoms with Gasteiger partial charge in [0.1, 0.15) is 0 Å². The van der Waals surface area contributed by atoms with E-state index in [-0.39, 0.29) is 0 Å². The van der Waals surface area contributed by atoms with Crippen molar-refractivity contribution in [3.05, 3.63) is 0 Å². The predicted octanol–water partition coefficient (Wildman–Crippen LogP) is 3.05. The summed E-state index contributed by atoms with van der Waals surface area (Å²) in [6.07, 6.45) is 7.92. The van der Waals surface area contributed by atoms with Gasteiger partial charge in [0.2, 0.25) is 0 Å². The van der Waals surface area contributed by atoms with E-state index in [0.717, 1.165) is 37.8 Å². The van der Waals surface area contributed by atoms with E-state index in [1.807, 2.05) is 0 Å². The zero-order valence-electron chi connectivity index (χ0n) is 10.5. The second-order valence-electron chi connectivity index (χ2n) is 5.73. The molecule has 0 aromatic rings. The van der Waals surface area contributed by atoms with Crippen LogP contribution in [0.1, 0.15) is 45.4 Å². The van der Waals surface area contributed by atoms with Gasteiger partial charge < -0.3 is 4.90 Å². The molecule has 1 saturated carbocycles. The van der Waals surface area contributed by atoms with Gasteiger partial charge in [0.25, 0.3) is 0 Å². The largest absolute Gasteiger partial charge is 0.303 e. The highest BCUT2D eigenvalue weighted by Gasteiger charge is 2.25. The molecule has 1 saturated heterocycles. The molecular formula is C14H24N2. The van der Waals surface area contributed by atoms with Crippen LogP contribution in [0.15, 0.2) is 0 Å². The van der Waals surface area contributed by atoms with E-state index in [1.54, 1.807) is 0 Å². The van der Waals surface area contributed by atoms with Crippen LogP contribution in [-0.4, -0.2) is 24.5 Å². The lowest BCUT2D eigenvalue weighted by molar-refractivity contribution is 0.132. The number of nitrogens with zero attached hydrogens (tertiary/aromatic N) is 2. The molecule has 2 atom stereocenters. The molecule has 0 amide bonds. The molecule has 16 heavy (non-hydrogen) atoms. The molecule has 0 radical (unpaired) electrons. The van der Waals surface area contributed by atoms with Crippen molar-refractivity contribution in [2.45, 2.75) is 45.4 Å². The molecular weight excluding hydrogens is 196 g/mol. The fraction of sp³-hybridized carbons (Fsp3) is 0.929. The van der Waals surface area contributed by atoms with Crippen molar-refractivity contribution in [3.63, 3.8) is 0 Å². The molecule has 90 valence electrons. The Morgan fingerprint density at radius 1 is 1.12 bits per heavy atom. The number of nitriles is 1. The van der Waals surface area contributed by atoms with Gasteiger partial charge in [-0.3, -0.25) is 0 Å². The van der Waals surface area contributed by atoms with Gasteiger partial charge in [-0.15, -0.1) is 0 Å². The van der Waals surface area contributed by atoms with Gasteiger partial charge in [-0.05, 0) is 44.2 Å². The minimum Gasteiger partial charge on any atom is -0.303 e. The number of rotatable bonds is 2. The van der Waals surface area contributed by atoms with Crippen molar-refractivity contribution in [1.29, 1.82) is 5.26 Å². The smallest absolute Gasteiger partial charge is 0.0656 e. The first-order valence-electron chi connectivity index (χ1n) is 6.91. The first-order valence-corrected chi connectivity index (χ1v) is 6.91. The van der Waals surface area contributed by atoms with E-state index in [4.69, 9.17) is 5.26 Å². The Balaban J connectivity index is 1.75. The van der Waals surface area contributed by atoms with E-state index in [1.165, 1.54) is 32.2 Å². The summed E-state index contributed by atoms with van der Waals surface area (Å²) in [6, 6.07) is 2.41. The first kappa shape index (κ1) is 11.9. The lowest BCUT2D eigenvalue weighted by Crippen LogP contribution is -2.39. The zero-order chi connectivity index (χ0) is 11.4. The minimum atomic E-state index is 0.333. The van der Waals surface area contributed by atoms with E-state index in [0.29, 0.717) is 5.92 Å². The summed E-state index contributed by atoms with van der Waals surface area (Å²) in [6.45, 7) is 6.02. The van der Waals surface area contributed by atoms with Crippen molar-refractivity contribution < 1.29 is 0 Å². The molecule has 0 bridgehead atoms. The molecule has 0 spiro atoms. The van der Waals surface area contributed by atoms with Crippen molar-refractivity contribution >= 4 is 0 Å². The van der Waals surface area contributed by atoms with Crippen LogP contribution in [0, 0.1) is 29.1 Å². The van der Waals surface area contributed by atoms with Crippen LogP contribution in [0.5, 0.6) is 0 Å². The average molecular weight is 220 g/mol. The molecule has 0 aromatic carbocycles. The van der Waals surface area contributed by atoms with Crippen LogP contribution < -0.4 is 0 Å². The fourth-order valence-electron chi connectivity index (χ4n) is 3.24. The standard InChI is InChI=1S/C14H24N2/c1-12-4-2-3-5-14(12)11-16-8-6-13(10-15)7-9-16/h12-14H,2-9,11H2,1H3/t12-,14+/m1/s1. The summed E-state index contributed by atoms with van der Waals surface area (Å²) in [7, 11) is 0. The van der Waals surface area contributed by atoms with Crippen LogP contribution >= 0.6 is 0 Å². The summed E-state index contributed by atoms with van der Waals surface area (Å²) in [5, 5.41) is 8.87. The average Bonchev–Trinajstić information content (AvgIpc) is 2.33. The highest BCUT2D eigenvalue weighted by Crippen LogP contribution is 2.31. The topological polar surface area (TPSA) is 27.0 Å². The summed E-state index contributed by atoms with van der Waals surface area (Å²) in [5.41, 5.74) is 0. The second-order valence-corrected chi connectivity index (χ2v) is 5.73. The number of hydrogen-bond acceptors (Lipinski definition) is 2. The molecule has 0 aromatic heterocycles. The third kappa shape index (κ3) is 2.98. The molecule has 2 heteroatoms. The Kier molecular flexibility index (Phi) is 4.23. The van der Waals surface area contributed by atoms with Crippen LogP contribution in [0.25, 0.3) is 0 Å². The monoisotopic (exact) mass is 220 g/mol. The Morgan fingerprint density at radius 2 is 1.81 bits per heavy atom. The molecule has 0 unspecified atom stereocenters. The van der Waals surface area contributed by atoms with Crippen molar-refractivity contribution in [2.75, 3.05) is 19.6 Å². The predicted molar refractivity (Wildman–Crippen MR) is 65.9 cm³/mol. The summed E-state index contributed by atoms with van der Waals surface area (Å²) >= 11 is 0. The SMILES string of the molecule is C[C@@H]1CCCC[C@H]1CN1CCC(C#N)CC1. The molecule has 0 N–H and O–H groups in total. The number of hydrogen-bond donors (Lipinski definition) is 0. The van der Waals surface area contributed by atoms with Crippen molar-refractivity contribution in [2.24, 2.45) is 17.8 Å². The zero-order valence-corrected chi connectivity index (χ0v) is 10.5. The van der Waals surface area contributed by atoms with Crippen LogP contribution in [0.4, 0.5) is 0 Å². The first-order chi connectivity index (χ1) is 7.79. The Bertz CT molecular complexity index is 248. The van der Waals surface area contributed by atoms with Gasteiger partial charge in [0.05, 0.1) is 6.07 Å². The van der Waals surface area contributed by atoms with Crippen LogP contribution in [-0.2, 0) is 0 Å². The molecule has 2 nitrogen and oxygen atoms in total. The fourth-order valence-corrected chi connectivity index (χ4v) is 3.24. The van der Waals surface area contributed by atoms with E-state index in [9.17, 15) is 0 Å². The summed E-state index contributed by atoms with van der Waals surface area (Å²) < 4.78 is 0. The Labute approximate surface area is 99.6 Å². The molecule has 2 fully saturated rings. The quantitative estimate of drug-likeness (QED) is 0.715. The van der Waals surface area contributed by atoms with Gasteiger partial charge in [0, 0.05) is 12.5 Å². The second kappa shape index (κ2) is 5.68. The van der Waals surface area contributed by atoms with Crippen molar-refractivity contribution in [3.8, 4) is 6.07 Å². The Morgan fingerprint density at radius 3 is 2.44 bits per heavy atom. The molecule has 2 rings (SSSR count). The maximum Gasteiger partial charge on any atom is 0.0656 e.